The van der Waals surface area contributed by atoms with Gasteiger partial charge in [-0.15, -0.1) is 24.0 Å². The number of hydrogen-bond donors (Lipinski definition) is 2. The van der Waals surface area contributed by atoms with Gasteiger partial charge >= 0.3 is 0 Å². The van der Waals surface area contributed by atoms with E-state index in [0.29, 0.717) is 12.1 Å². The van der Waals surface area contributed by atoms with Gasteiger partial charge in [0.05, 0.1) is 18.2 Å². The maximum Gasteiger partial charge on any atom is 0.191 e. The molecular weight excluding hydrogens is 435 g/mol. The molecule has 0 saturated heterocycles. The summed E-state index contributed by atoms with van der Waals surface area (Å²) in [6, 6.07) is 20.5. The highest BCUT2D eigenvalue weighted by Gasteiger charge is 2.43. The van der Waals surface area contributed by atoms with Crippen LogP contribution in [0.4, 0.5) is 0 Å². The number of guanidine groups is 1. The normalized spacial score (nSPS) is 14.7. The molecule has 1 fully saturated rings. The van der Waals surface area contributed by atoms with Crippen molar-refractivity contribution in [1.82, 2.24) is 10.6 Å². The van der Waals surface area contributed by atoms with Gasteiger partial charge in [-0.1, -0.05) is 42.5 Å². The molecule has 0 radical (unpaired) electrons. The largest absolute Gasteiger partial charge is 0.357 e. The Morgan fingerprint density at radius 3 is 2.54 bits per heavy atom. The van der Waals surface area contributed by atoms with E-state index >= 15 is 0 Å². The molecule has 0 amide bonds. The van der Waals surface area contributed by atoms with Crippen molar-refractivity contribution in [2.24, 2.45) is 4.99 Å². The zero-order valence-electron chi connectivity index (χ0n) is 15.0. The SMILES string of the molecule is CCNC(=NCc1cccc(C#N)c1)NCC1(c2ccccc2)CC1.I. The number of aliphatic imine (C=N–C) groups is 1. The Morgan fingerprint density at radius 1 is 1.12 bits per heavy atom. The van der Waals surface area contributed by atoms with E-state index in [1.54, 1.807) is 0 Å². The fourth-order valence-corrected chi connectivity index (χ4v) is 3.01. The number of benzene rings is 2. The number of hydrogen-bond acceptors (Lipinski definition) is 2. The lowest BCUT2D eigenvalue weighted by atomic mass is 9.96. The predicted molar refractivity (Wildman–Crippen MR) is 117 cm³/mol. The third-order valence-electron chi connectivity index (χ3n) is 4.65. The number of nitrogens with zero attached hydrogens (tertiary/aromatic N) is 2. The second-order valence-electron chi connectivity index (χ2n) is 6.51. The van der Waals surface area contributed by atoms with E-state index in [9.17, 15) is 0 Å². The van der Waals surface area contributed by atoms with Crippen molar-refractivity contribution in [3.8, 4) is 6.07 Å². The Morgan fingerprint density at radius 2 is 1.88 bits per heavy atom. The van der Waals surface area contributed by atoms with E-state index in [1.165, 1.54) is 18.4 Å². The molecule has 2 aromatic carbocycles. The molecule has 1 aliphatic carbocycles. The molecule has 0 atom stereocenters. The lowest BCUT2D eigenvalue weighted by Gasteiger charge is -2.19. The first kappa shape index (κ1) is 20.2. The van der Waals surface area contributed by atoms with Crippen LogP contribution < -0.4 is 10.6 Å². The average molecular weight is 460 g/mol. The molecule has 0 aromatic heterocycles. The highest BCUT2D eigenvalue weighted by atomic mass is 127. The van der Waals surface area contributed by atoms with E-state index in [-0.39, 0.29) is 29.4 Å². The maximum absolute atomic E-state index is 9.00. The lowest BCUT2D eigenvalue weighted by Crippen LogP contribution is -2.41. The van der Waals surface area contributed by atoms with Gasteiger partial charge in [-0.2, -0.15) is 5.26 Å². The minimum Gasteiger partial charge on any atom is -0.357 e. The zero-order chi connectivity index (χ0) is 17.5. The molecule has 3 rings (SSSR count). The van der Waals surface area contributed by atoms with Crippen LogP contribution in [0.1, 0.15) is 36.5 Å². The molecule has 1 aliphatic rings. The number of nitriles is 1. The van der Waals surface area contributed by atoms with Crippen LogP contribution in [0.5, 0.6) is 0 Å². The molecule has 0 spiro atoms. The van der Waals surface area contributed by atoms with Gasteiger partial charge in [0.15, 0.2) is 5.96 Å². The van der Waals surface area contributed by atoms with E-state index in [2.05, 4.69) is 59.0 Å². The number of rotatable bonds is 6. The van der Waals surface area contributed by atoms with Gasteiger partial charge in [0.25, 0.3) is 0 Å². The molecular formula is C21H25IN4. The standard InChI is InChI=1S/C21H24N4.HI/c1-2-23-20(24-15-18-8-6-7-17(13-18)14-22)25-16-21(11-12-21)19-9-4-3-5-10-19;/h3-10,13H,2,11-12,15-16H2,1H3,(H2,23,24,25);1H. The molecule has 0 unspecified atom stereocenters. The summed E-state index contributed by atoms with van der Waals surface area (Å²) in [4.78, 5) is 4.67. The van der Waals surface area contributed by atoms with Gasteiger partial charge in [-0.05, 0) is 43.0 Å². The van der Waals surface area contributed by atoms with Crippen molar-refractivity contribution >= 4 is 29.9 Å². The summed E-state index contributed by atoms with van der Waals surface area (Å²) >= 11 is 0. The van der Waals surface area contributed by atoms with Gasteiger partial charge in [0.1, 0.15) is 0 Å². The van der Waals surface area contributed by atoms with Crippen LogP contribution in [-0.2, 0) is 12.0 Å². The van der Waals surface area contributed by atoms with Gasteiger partial charge < -0.3 is 10.6 Å². The third kappa shape index (κ3) is 5.21. The monoisotopic (exact) mass is 460 g/mol. The quantitative estimate of drug-likeness (QED) is 0.390. The summed E-state index contributed by atoms with van der Waals surface area (Å²) in [6.07, 6.45) is 2.43. The van der Waals surface area contributed by atoms with Gasteiger partial charge in [-0.3, -0.25) is 0 Å². The average Bonchev–Trinajstić information content (AvgIpc) is 3.46. The van der Waals surface area contributed by atoms with E-state index in [1.807, 2.05) is 24.3 Å². The summed E-state index contributed by atoms with van der Waals surface area (Å²) in [6.45, 7) is 4.34. The molecule has 5 heteroatoms. The van der Waals surface area contributed by atoms with Crippen molar-refractivity contribution < 1.29 is 0 Å². The van der Waals surface area contributed by atoms with Gasteiger partial charge in [0.2, 0.25) is 0 Å². The van der Waals surface area contributed by atoms with Crippen LogP contribution in [0, 0.1) is 11.3 Å². The van der Waals surface area contributed by atoms with Crippen molar-refractivity contribution in [3.63, 3.8) is 0 Å². The Bertz CT molecular complexity index is 776. The Labute approximate surface area is 172 Å². The van der Waals surface area contributed by atoms with Crippen LogP contribution in [0.25, 0.3) is 0 Å². The summed E-state index contributed by atoms with van der Waals surface area (Å²) in [5.41, 5.74) is 3.37. The topological polar surface area (TPSA) is 60.2 Å². The predicted octanol–water partition coefficient (Wildman–Crippen LogP) is 3.96. The molecule has 0 heterocycles. The maximum atomic E-state index is 9.00. The highest BCUT2D eigenvalue weighted by Crippen LogP contribution is 2.47. The minimum absolute atomic E-state index is 0. The van der Waals surface area contributed by atoms with Gasteiger partial charge in [-0.25, -0.2) is 4.99 Å². The van der Waals surface area contributed by atoms with E-state index in [4.69, 9.17) is 5.26 Å². The lowest BCUT2D eigenvalue weighted by molar-refractivity contribution is 0.646. The molecule has 2 aromatic rings. The van der Waals surface area contributed by atoms with E-state index in [0.717, 1.165) is 24.6 Å². The Balaban J connectivity index is 0.00000243. The van der Waals surface area contributed by atoms with Crippen molar-refractivity contribution in [2.75, 3.05) is 13.1 Å². The molecule has 26 heavy (non-hydrogen) atoms. The third-order valence-corrected chi connectivity index (χ3v) is 4.65. The molecule has 4 nitrogen and oxygen atoms in total. The summed E-state index contributed by atoms with van der Waals surface area (Å²) in [5.74, 6) is 0.826. The first-order chi connectivity index (χ1) is 12.3. The highest BCUT2D eigenvalue weighted by molar-refractivity contribution is 14.0. The second-order valence-corrected chi connectivity index (χ2v) is 6.51. The second kappa shape index (κ2) is 9.58. The molecule has 136 valence electrons. The van der Waals surface area contributed by atoms with Crippen molar-refractivity contribution in [3.05, 3.63) is 71.3 Å². The number of nitrogens with one attached hydrogen (secondary N) is 2. The fourth-order valence-electron chi connectivity index (χ4n) is 3.01. The van der Waals surface area contributed by atoms with Crippen LogP contribution in [0.3, 0.4) is 0 Å². The first-order valence-electron chi connectivity index (χ1n) is 8.82. The number of halogens is 1. The summed E-state index contributed by atoms with van der Waals surface area (Å²) in [7, 11) is 0. The Kier molecular flexibility index (Phi) is 7.46. The van der Waals surface area contributed by atoms with Crippen LogP contribution in [0.15, 0.2) is 59.6 Å². The first-order valence-corrected chi connectivity index (χ1v) is 8.82. The summed E-state index contributed by atoms with van der Waals surface area (Å²) in [5, 5.41) is 15.8. The van der Waals surface area contributed by atoms with Crippen LogP contribution in [0.2, 0.25) is 0 Å². The fraction of sp³-hybridized carbons (Fsp3) is 0.333. The van der Waals surface area contributed by atoms with Crippen molar-refractivity contribution in [2.45, 2.75) is 31.7 Å². The molecule has 1 saturated carbocycles. The Hall–Kier alpha value is -2.07. The zero-order valence-corrected chi connectivity index (χ0v) is 17.4. The molecule has 0 bridgehead atoms. The minimum atomic E-state index is 0. The van der Waals surface area contributed by atoms with E-state index < -0.39 is 0 Å². The smallest absolute Gasteiger partial charge is 0.191 e. The van der Waals surface area contributed by atoms with Crippen molar-refractivity contribution in [1.29, 1.82) is 5.26 Å². The summed E-state index contributed by atoms with van der Waals surface area (Å²) < 4.78 is 0. The molecule has 0 aliphatic heterocycles. The van der Waals surface area contributed by atoms with Gasteiger partial charge in [0, 0.05) is 18.5 Å². The molecule has 2 N–H and O–H groups in total. The van der Waals surface area contributed by atoms with Crippen LogP contribution >= 0.6 is 24.0 Å². The van der Waals surface area contributed by atoms with Crippen LogP contribution in [-0.4, -0.2) is 19.0 Å².